The normalized spacial score (nSPS) is 10.6. The van der Waals surface area contributed by atoms with E-state index in [2.05, 4.69) is 21.2 Å². The average molecular weight is 370 g/mol. The number of halogens is 3. The Morgan fingerprint density at radius 1 is 1.18 bits per heavy atom. The summed E-state index contributed by atoms with van der Waals surface area (Å²) >= 11 is 3.02. The van der Waals surface area contributed by atoms with E-state index in [9.17, 15) is 13.6 Å². The first kappa shape index (κ1) is 16.4. The number of carbonyl (C=O) groups is 1. The summed E-state index contributed by atoms with van der Waals surface area (Å²) in [6.07, 6.45) is -0.133. The van der Waals surface area contributed by atoms with Crippen LogP contribution in [0.25, 0.3) is 0 Å². The van der Waals surface area contributed by atoms with Gasteiger partial charge in [0.15, 0.2) is 0 Å². The molecule has 2 rings (SSSR count). The van der Waals surface area contributed by atoms with E-state index in [0.29, 0.717) is 5.75 Å². The molecule has 2 aromatic carbocycles. The van der Waals surface area contributed by atoms with Crippen LogP contribution in [0.3, 0.4) is 0 Å². The van der Waals surface area contributed by atoms with Gasteiger partial charge in [0.05, 0.1) is 16.3 Å². The van der Waals surface area contributed by atoms with Crippen molar-refractivity contribution in [3.05, 3.63) is 58.1 Å². The Labute approximate surface area is 135 Å². The maximum absolute atomic E-state index is 13.5. The van der Waals surface area contributed by atoms with Gasteiger partial charge in [-0.3, -0.25) is 4.79 Å². The summed E-state index contributed by atoms with van der Waals surface area (Å²) in [4.78, 5) is 12.2. The zero-order valence-electron chi connectivity index (χ0n) is 12.0. The minimum absolute atomic E-state index is 0.125. The van der Waals surface area contributed by atoms with Crippen molar-refractivity contribution in [1.29, 1.82) is 0 Å². The van der Waals surface area contributed by atoms with Gasteiger partial charge in [-0.1, -0.05) is 0 Å². The topological polar surface area (TPSA) is 38.3 Å². The Morgan fingerprint density at radius 3 is 2.55 bits per heavy atom. The highest BCUT2D eigenvalue weighted by Crippen LogP contribution is 2.27. The monoisotopic (exact) mass is 369 g/mol. The molecule has 3 nitrogen and oxygen atoms in total. The molecule has 22 heavy (non-hydrogen) atoms. The van der Waals surface area contributed by atoms with E-state index in [1.54, 1.807) is 0 Å². The molecule has 6 heteroatoms. The van der Waals surface area contributed by atoms with Gasteiger partial charge in [0.1, 0.15) is 17.4 Å². The van der Waals surface area contributed by atoms with E-state index in [0.717, 1.165) is 12.1 Å². The summed E-state index contributed by atoms with van der Waals surface area (Å²) in [7, 11) is 0. The molecule has 0 bridgehead atoms. The molecule has 0 saturated carbocycles. The van der Waals surface area contributed by atoms with Crippen molar-refractivity contribution in [2.24, 2.45) is 0 Å². The maximum atomic E-state index is 13.5. The van der Waals surface area contributed by atoms with E-state index in [1.165, 1.54) is 24.3 Å². The van der Waals surface area contributed by atoms with Crippen molar-refractivity contribution in [2.45, 2.75) is 20.0 Å². The van der Waals surface area contributed by atoms with Crippen molar-refractivity contribution in [2.75, 3.05) is 5.32 Å². The molecule has 1 amide bonds. The first-order valence-corrected chi connectivity index (χ1v) is 7.38. The van der Waals surface area contributed by atoms with Crippen molar-refractivity contribution in [3.63, 3.8) is 0 Å². The largest absolute Gasteiger partial charge is 0.489 e. The highest BCUT2D eigenvalue weighted by molar-refractivity contribution is 9.10. The van der Waals surface area contributed by atoms with Crippen LogP contribution in [0, 0.1) is 11.6 Å². The van der Waals surface area contributed by atoms with Gasteiger partial charge in [-0.25, -0.2) is 8.78 Å². The van der Waals surface area contributed by atoms with Crippen LogP contribution in [0.1, 0.15) is 24.2 Å². The lowest BCUT2D eigenvalue weighted by Crippen LogP contribution is -2.15. The predicted octanol–water partition coefficient (Wildman–Crippen LogP) is 4.77. The van der Waals surface area contributed by atoms with Crippen molar-refractivity contribution in [1.82, 2.24) is 0 Å². The fraction of sp³-hybridized carbons (Fsp3) is 0.188. The van der Waals surface area contributed by atoms with Crippen LogP contribution in [0.4, 0.5) is 14.5 Å². The molecule has 0 atom stereocenters. The molecule has 0 unspecified atom stereocenters. The molecule has 0 aromatic heterocycles. The van der Waals surface area contributed by atoms with Crippen molar-refractivity contribution in [3.8, 4) is 5.75 Å². The Balaban J connectivity index is 2.27. The van der Waals surface area contributed by atoms with Gasteiger partial charge < -0.3 is 10.1 Å². The van der Waals surface area contributed by atoms with Gasteiger partial charge >= 0.3 is 0 Å². The van der Waals surface area contributed by atoms with E-state index < -0.39 is 17.5 Å². The summed E-state index contributed by atoms with van der Waals surface area (Å²) in [5, 5.41) is 2.53. The number of rotatable bonds is 4. The quantitative estimate of drug-likeness (QED) is 0.842. The molecule has 0 aliphatic rings. The smallest absolute Gasteiger partial charge is 0.255 e. The van der Waals surface area contributed by atoms with Crippen LogP contribution in [0.5, 0.6) is 5.75 Å². The molecule has 2 aromatic rings. The summed E-state index contributed by atoms with van der Waals surface area (Å²) < 4.78 is 32.6. The van der Waals surface area contributed by atoms with E-state index in [4.69, 9.17) is 4.74 Å². The summed E-state index contributed by atoms with van der Waals surface area (Å²) in [6, 6.07) is 7.83. The molecule has 0 saturated heterocycles. The van der Waals surface area contributed by atoms with Crippen LogP contribution in [-0.2, 0) is 0 Å². The van der Waals surface area contributed by atoms with E-state index in [1.807, 2.05) is 13.8 Å². The van der Waals surface area contributed by atoms with Crippen LogP contribution in [0.15, 0.2) is 40.9 Å². The van der Waals surface area contributed by atoms with Gasteiger partial charge in [0.2, 0.25) is 0 Å². The number of hydrogen-bond acceptors (Lipinski definition) is 2. The Kier molecular flexibility index (Phi) is 5.13. The lowest BCUT2D eigenvalue weighted by molar-refractivity contribution is 0.102. The Morgan fingerprint density at radius 2 is 1.91 bits per heavy atom. The summed E-state index contributed by atoms with van der Waals surface area (Å²) in [6.45, 7) is 3.64. The molecule has 0 heterocycles. The fourth-order valence-electron chi connectivity index (χ4n) is 1.79. The number of hydrogen-bond donors (Lipinski definition) is 1. The minimum Gasteiger partial charge on any atom is -0.489 e. The van der Waals surface area contributed by atoms with Gasteiger partial charge in [0.25, 0.3) is 5.91 Å². The van der Waals surface area contributed by atoms with Gasteiger partial charge in [-0.05, 0) is 60.1 Å². The molecular formula is C16H14BrF2NO2. The first-order valence-electron chi connectivity index (χ1n) is 6.59. The number of nitrogens with one attached hydrogen (secondary N) is 1. The zero-order valence-corrected chi connectivity index (χ0v) is 13.6. The van der Waals surface area contributed by atoms with Crippen molar-refractivity contribution >= 4 is 27.5 Å². The van der Waals surface area contributed by atoms with Gasteiger partial charge in [0, 0.05) is 11.6 Å². The SMILES string of the molecule is CC(C)Oc1ccc(F)cc1NC(=O)c1ccc(Br)c(F)c1. The Hall–Kier alpha value is -1.95. The molecule has 0 radical (unpaired) electrons. The predicted molar refractivity (Wildman–Crippen MR) is 84.2 cm³/mol. The highest BCUT2D eigenvalue weighted by atomic mass is 79.9. The first-order chi connectivity index (χ1) is 10.4. The fourth-order valence-corrected chi connectivity index (χ4v) is 2.04. The number of amides is 1. The second-order valence-electron chi connectivity index (χ2n) is 4.89. The summed E-state index contributed by atoms with van der Waals surface area (Å²) in [5.74, 6) is -1.26. The summed E-state index contributed by atoms with van der Waals surface area (Å²) in [5.41, 5.74) is 0.322. The van der Waals surface area contributed by atoms with E-state index in [-0.39, 0.29) is 21.8 Å². The second-order valence-corrected chi connectivity index (χ2v) is 5.74. The van der Waals surface area contributed by atoms with Gasteiger partial charge in [-0.15, -0.1) is 0 Å². The lowest BCUT2D eigenvalue weighted by atomic mass is 10.2. The zero-order chi connectivity index (χ0) is 16.3. The number of anilines is 1. The van der Waals surface area contributed by atoms with Crippen molar-refractivity contribution < 1.29 is 18.3 Å². The standard InChI is InChI=1S/C16H14BrF2NO2/c1-9(2)22-15-6-4-11(18)8-14(15)20-16(21)10-3-5-12(17)13(19)7-10/h3-9H,1-2H3,(H,20,21). The number of benzene rings is 2. The highest BCUT2D eigenvalue weighted by Gasteiger charge is 2.13. The van der Waals surface area contributed by atoms with Crippen LogP contribution < -0.4 is 10.1 Å². The molecule has 1 N–H and O–H groups in total. The third-order valence-electron chi connectivity index (χ3n) is 2.73. The number of ether oxygens (including phenoxy) is 1. The molecule has 0 aliphatic carbocycles. The number of carbonyl (C=O) groups excluding carboxylic acids is 1. The molecule has 0 fully saturated rings. The molecule has 116 valence electrons. The molecular weight excluding hydrogens is 356 g/mol. The lowest BCUT2D eigenvalue weighted by Gasteiger charge is -2.15. The molecule has 0 aliphatic heterocycles. The van der Waals surface area contributed by atoms with E-state index >= 15 is 0 Å². The van der Waals surface area contributed by atoms with Crippen LogP contribution in [0.2, 0.25) is 0 Å². The Bertz CT molecular complexity index is 705. The third-order valence-corrected chi connectivity index (χ3v) is 3.38. The third kappa shape index (κ3) is 4.04. The van der Waals surface area contributed by atoms with Crippen LogP contribution >= 0.6 is 15.9 Å². The average Bonchev–Trinajstić information content (AvgIpc) is 2.44. The second kappa shape index (κ2) is 6.87. The van der Waals surface area contributed by atoms with Gasteiger partial charge in [-0.2, -0.15) is 0 Å². The minimum atomic E-state index is -0.550. The van der Waals surface area contributed by atoms with Crippen LogP contribution in [-0.4, -0.2) is 12.0 Å². The molecule has 0 spiro atoms. The maximum Gasteiger partial charge on any atom is 0.255 e.